The van der Waals surface area contributed by atoms with Gasteiger partial charge in [-0.3, -0.25) is 9.59 Å². The van der Waals surface area contributed by atoms with Crippen molar-refractivity contribution >= 4 is 34.8 Å². The molecule has 5 nitrogen and oxygen atoms in total. The maximum absolute atomic E-state index is 13.6. The molecular weight excluding hydrogens is 335 g/mol. The van der Waals surface area contributed by atoms with Gasteiger partial charge in [0.25, 0.3) is 0 Å². The Bertz CT molecular complexity index is 767. The normalized spacial score (nSPS) is 10.2. The number of nitrogens with zero attached hydrogens (tertiary/aromatic N) is 1. The molecule has 0 radical (unpaired) electrons. The summed E-state index contributed by atoms with van der Waals surface area (Å²) in [6.45, 7) is 1.06. The third-order valence-electron chi connectivity index (χ3n) is 3.28. The summed E-state index contributed by atoms with van der Waals surface area (Å²) in [4.78, 5) is 25.2. The fourth-order valence-corrected chi connectivity index (χ4v) is 2.36. The zero-order chi connectivity index (χ0) is 17.7. The Balaban J connectivity index is 2.17. The quantitative estimate of drug-likeness (QED) is 0.898. The Morgan fingerprint density at radius 3 is 2.54 bits per heavy atom. The number of rotatable bonds is 5. The van der Waals surface area contributed by atoms with E-state index in [0.717, 1.165) is 0 Å². The third kappa shape index (κ3) is 4.23. The van der Waals surface area contributed by atoms with Crippen LogP contribution in [0.5, 0.6) is 5.75 Å². The Morgan fingerprint density at radius 2 is 1.96 bits per heavy atom. The number of methoxy groups -OCH3 is 1. The van der Waals surface area contributed by atoms with Crippen molar-refractivity contribution in [1.82, 2.24) is 0 Å². The minimum Gasteiger partial charge on any atom is -0.495 e. The van der Waals surface area contributed by atoms with Crippen LogP contribution in [-0.4, -0.2) is 25.5 Å². The first-order valence-corrected chi connectivity index (χ1v) is 7.46. The molecule has 0 bridgehead atoms. The van der Waals surface area contributed by atoms with Gasteiger partial charge in [-0.15, -0.1) is 0 Å². The fourth-order valence-electron chi connectivity index (χ4n) is 2.10. The van der Waals surface area contributed by atoms with Gasteiger partial charge in [0, 0.05) is 12.6 Å². The molecule has 2 rings (SSSR count). The number of ether oxygens (including phenoxy) is 1. The third-order valence-corrected chi connectivity index (χ3v) is 3.57. The number of benzene rings is 2. The molecule has 0 spiro atoms. The second kappa shape index (κ2) is 7.79. The van der Waals surface area contributed by atoms with Crippen LogP contribution in [0.3, 0.4) is 0 Å². The van der Waals surface area contributed by atoms with Gasteiger partial charge in [-0.05, 0) is 30.3 Å². The highest BCUT2D eigenvalue weighted by molar-refractivity contribution is 6.32. The van der Waals surface area contributed by atoms with Crippen LogP contribution >= 0.6 is 11.6 Å². The zero-order valence-electron chi connectivity index (χ0n) is 13.2. The van der Waals surface area contributed by atoms with Crippen LogP contribution in [0.1, 0.15) is 6.92 Å². The van der Waals surface area contributed by atoms with Gasteiger partial charge in [0.2, 0.25) is 11.8 Å². The molecule has 0 saturated carbocycles. The van der Waals surface area contributed by atoms with Crippen LogP contribution < -0.4 is 15.0 Å². The molecule has 1 N–H and O–H groups in total. The molecule has 0 saturated heterocycles. The van der Waals surface area contributed by atoms with E-state index >= 15 is 0 Å². The van der Waals surface area contributed by atoms with Gasteiger partial charge in [0.05, 0.1) is 17.8 Å². The van der Waals surface area contributed by atoms with Gasteiger partial charge in [-0.1, -0.05) is 23.7 Å². The number of nitrogens with one attached hydrogen (secondary N) is 1. The smallest absolute Gasteiger partial charge is 0.244 e. The lowest BCUT2D eigenvalue weighted by atomic mass is 10.2. The van der Waals surface area contributed by atoms with Crippen molar-refractivity contribution in [3.63, 3.8) is 0 Å². The van der Waals surface area contributed by atoms with Gasteiger partial charge in [0.15, 0.2) is 0 Å². The van der Waals surface area contributed by atoms with E-state index in [4.69, 9.17) is 16.3 Å². The molecule has 0 atom stereocenters. The van der Waals surface area contributed by atoms with Crippen LogP contribution in [0.25, 0.3) is 0 Å². The van der Waals surface area contributed by atoms with Crippen LogP contribution in [0.2, 0.25) is 5.02 Å². The predicted octanol–water partition coefficient (Wildman–Crippen LogP) is 3.48. The second-order valence-electron chi connectivity index (χ2n) is 4.95. The maximum Gasteiger partial charge on any atom is 0.244 e. The minimum atomic E-state index is -0.548. The van der Waals surface area contributed by atoms with Crippen molar-refractivity contribution in [2.45, 2.75) is 6.92 Å². The largest absolute Gasteiger partial charge is 0.495 e. The first-order valence-electron chi connectivity index (χ1n) is 7.08. The van der Waals surface area contributed by atoms with Crippen LogP contribution in [-0.2, 0) is 9.59 Å². The average molecular weight is 351 g/mol. The number of hydrogen-bond acceptors (Lipinski definition) is 3. The number of hydrogen-bond donors (Lipinski definition) is 1. The molecule has 0 aromatic heterocycles. The highest BCUT2D eigenvalue weighted by Crippen LogP contribution is 2.29. The lowest BCUT2D eigenvalue weighted by Crippen LogP contribution is -2.36. The number of para-hydroxylation sites is 1. The van der Waals surface area contributed by atoms with Gasteiger partial charge in [-0.25, -0.2) is 4.39 Å². The fraction of sp³-hybridized carbons (Fsp3) is 0.176. The molecule has 0 heterocycles. The first kappa shape index (κ1) is 17.7. The van der Waals surface area contributed by atoms with E-state index in [1.165, 1.54) is 43.2 Å². The van der Waals surface area contributed by atoms with E-state index in [1.54, 1.807) is 18.2 Å². The number of carbonyl (C=O) groups is 2. The average Bonchev–Trinajstić information content (AvgIpc) is 2.54. The topological polar surface area (TPSA) is 58.6 Å². The van der Waals surface area contributed by atoms with E-state index in [0.29, 0.717) is 16.5 Å². The van der Waals surface area contributed by atoms with Crippen molar-refractivity contribution in [2.75, 3.05) is 23.9 Å². The summed E-state index contributed by atoms with van der Waals surface area (Å²) in [7, 11) is 1.48. The van der Waals surface area contributed by atoms with Crippen molar-refractivity contribution in [1.29, 1.82) is 0 Å². The molecule has 0 unspecified atom stereocenters. The Labute approximate surface area is 144 Å². The first-order chi connectivity index (χ1) is 11.4. The summed E-state index contributed by atoms with van der Waals surface area (Å²) in [6, 6.07) is 10.5. The van der Waals surface area contributed by atoms with E-state index in [1.807, 2.05) is 0 Å². The zero-order valence-corrected chi connectivity index (χ0v) is 13.9. The molecule has 0 aliphatic heterocycles. The molecule has 0 aliphatic rings. The molecule has 24 heavy (non-hydrogen) atoms. The van der Waals surface area contributed by atoms with Crippen molar-refractivity contribution in [3.8, 4) is 5.75 Å². The Kier molecular flexibility index (Phi) is 5.76. The van der Waals surface area contributed by atoms with Crippen molar-refractivity contribution < 1.29 is 18.7 Å². The number of anilines is 2. The second-order valence-corrected chi connectivity index (χ2v) is 5.36. The van der Waals surface area contributed by atoms with E-state index < -0.39 is 11.7 Å². The molecule has 2 aromatic rings. The van der Waals surface area contributed by atoms with E-state index in [-0.39, 0.29) is 18.1 Å². The van der Waals surface area contributed by atoms with E-state index in [9.17, 15) is 14.0 Å². The van der Waals surface area contributed by atoms with Gasteiger partial charge in [0.1, 0.15) is 18.1 Å². The van der Waals surface area contributed by atoms with Gasteiger partial charge in [-0.2, -0.15) is 0 Å². The molecule has 7 heteroatoms. The minimum absolute atomic E-state index is 0.0544. The predicted molar refractivity (Wildman–Crippen MR) is 91.1 cm³/mol. The summed E-state index contributed by atoms with van der Waals surface area (Å²) in [5.41, 5.74) is 0.496. The summed E-state index contributed by atoms with van der Waals surface area (Å²) in [5.74, 6) is -0.963. The van der Waals surface area contributed by atoms with Gasteiger partial charge < -0.3 is 15.0 Å². The van der Waals surface area contributed by atoms with Crippen LogP contribution in [0.15, 0.2) is 42.5 Å². The molecule has 2 amide bonds. The lowest BCUT2D eigenvalue weighted by Gasteiger charge is -2.21. The van der Waals surface area contributed by atoms with Crippen molar-refractivity contribution in [3.05, 3.63) is 53.3 Å². The highest BCUT2D eigenvalue weighted by atomic mass is 35.5. The molecule has 2 aromatic carbocycles. The Morgan fingerprint density at radius 1 is 1.25 bits per heavy atom. The monoisotopic (exact) mass is 350 g/mol. The molecule has 0 fully saturated rings. The summed E-state index contributed by atoms with van der Waals surface area (Å²) < 4.78 is 18.6. The summed E-state index contributed by atoms with van der Waals surface area (Å²) in [6.07, 6.45) is 0. The number of halogens is 2. The SMILES string of the molecule is COc1ccc(N(CC(=O)Nc2ccccc2F)C(C)=O)cc1Cl. The van der Waals surface area contributed by atoms with Crippen LogP contribution in [0.4, 0.5) is 15.8 Å². The number of carbonyl (C=O) groups excluding carboxylic acids is 2. The maximum atomic E-state index is 13.6. The highest BCUT2D eigenvalue weighted by Gasteiger charge is 2.18. The summed E-state index contributed by atoms with van der Waals surface area (Å²) >= 11 is 6.05. The molecule has 126 valence electrons. The van der Waals surface area contributed by atoms with Crippen LogP contribution in [0, 0.1) is 5.82 Å². The molecule has 0 aliphatic carbocycles. The standard InChI is InChI=1S/C17H16ClFN2O3/c1-11(22)21(12-7-8-16(24-2)13(18)9-12)10-17(23)20-15-6-4-3-5-14(15)19/h3-9H,10H2,1-2H3,(H,20,23). The Hall–Kier alpha value is -2.60. The van der Waals surface area contributed by atoms with Crippen molar-refractivity contribution in [2.24, 2.45) is 0 Å². The van der Waals surface area contributed by atoms with E-state index in [2.05, 4.69) is 5.32 Å². The lowest BCUT2D eigenvalue weighted by molar-refractivity contribution is -0.120. The van der Waals surface area contributed by atoms with Gasteiger partial charge >= 0.3 is 0 Å². The number of amides is 2. The summed E-state index contributed by atoms with van der Waals surface area (Å²) in [5, 5.41) is 2.75. The molecular formula is C17H16ClFN2O3.